The molecule has 8 nitrogen and oxygen atoms in total. The lowest BCUT2D eigenvalue weighted by atomic mass is 10.1. The van der Waals surface area contributed by atoms with E-state index in [2.05, 4.69) is 129 Å². The highest BCUT2D eigenvalue weighted by Gasteiger charge is 2.27. The molecule has 0 aliphatic rings. The molecule has 0 aromatic carbocycles. The second kappa shape index (κ2) is 49.9. The normalized spacial score (nSPS) is 14.9. The Bertz CT molecular complexity index is 1530. The van der Waals surface area contributed by atoms with Crippen molar-refractivity contribution in [3.05, 3.63) is 122 Å². The Morgan fingerprint density at radius 1 is 0.507 bits per heavy atom. The van der Waals surface area contributed by atoms with Crippen LogP contribution >= 0.6 is 7.82 Å². The number of nitrogens with one attached hydrogen (secondary N) is 1. The summed E-state index contributed by atoms with van der Waals surface area (Å²) in [5.74, 6) is -0.207. The molecule has 0 saturated heterocycles. The predicted molar refractivity (Wildman–Crippen MR) is 299 cm³/mol. The third kappa shape index (κ3) is 52.6. The molecular weight excluding hydrogens is 876 g/mol. The number of nitrogens with zero attached hydrogens (tertiary/aromatic N) is 1. The SMILES string of the molecule is CC/C=C\C/C=C\C/C=C\C/C=C\C/C=C\C/C=C\C/C=C\C/C=C\CCCCCCCCC(=O)NC(COP(=O)(O)OCC[N+](C)(C)C)C(O)/C=C/CC/C=C/CCCCCCCCCCCC. The lowest BCUT2D eigenvalue weighted by molar-refractivity contribution is -0.870. The van der Waals surface area contributed by atoms with Crippen molar-refractivity contribution in [2.75, 3.05) is 40.9 Å². The number of carbonyl (C=O) groups excluding carboxylic acids is 1. The molecule has 0 bridgehead atoms. The van der Waals surface area contributed by atoms with Gasteiger partial charge in [0.25, 0.3) is 0 Å². The number of quaternary nitrogens is 1. The molecule has 0 aliphatic heterocycles. The number of aliphatic hydroxyl groups is 1. The van der Waals surface area contributed by atoms with Gasteiger partial charge in [0, 0.05) is 6.42 Å². The quantitative estimate of drug-likeness (QED) is 0.0243. The van der Waals surface area contributed by atoms with Gasteiger partial charge in [-0.1, -0.05) is 219 Å². The molecule has 394 valence electrons. The van der Waals surface area contributed by atoms with Crippen LogP contribution < -0.4 is 5.32 Å². The van der Waals surface area contributed by atoms with E-state index in [0.29, 0.717) is 17.4 Å². The first-order chi connectivity index (χ1) is 33.5. The Hall–Kier alpha value is -3.10. The molecule has 3 unspecified atom stereocenters. The summed E-state index contributed by atoms with van der Waals surface area (Å²) in [6.45, 7) is 4.65. The summed E-state index contributed by atoms with van der Waals surface area (Å²) in [5, 5.41) is 13.9. The fraction of sp³-hybridized carbons (Fsp3) is 0.650. The van der Waals surface area contributed by atoms with Crippen molar-refractivity contribution in [3.63, 3.8) is 0 Å². The Labute approximate surface area is 424 Å². The summed E-state index contributed by atoms with van der Waals surface area (Å²) in [7, 11) is 1.52. The zero-order valence-electron chi connectivity index (χ0n) is 44.8. The van der Waals surface area contributed by atoms with Crippen LogP contribution in [-0.4, -0.2) is 73.4 Å². The van der Waals surface area contributed by atoms with Crippen LogP contribution in [0.5, 0.6) is 0 Å². The number of rotatable bonds is 48. The molecule has 0 fully saturated rings. The van der Waals surface area contributed by atoms with Gasteiger partial charge in [-0.05, 0) is 96.3 Å². The van der Waals surface area contributed by atoms with E-state index in [1.165, 1.54) is 70.6 Å². The highest BCUT2D eigenvalue weighted by molar-refractivity contribution is 7.47. The highest BCUT2D eigenvalue weighted by atomic mass is 31.2. The topological polar surface area (TPSA) is 105 Å². The predicted octanol–water partition coefficient (Wildman–Crippen LogP) is 16.6. The van der Waals surface area contributed by atoms with Crippen molar-refractivity contribution in [3.8, 4) is 0 Å². The van der Waals surface area contributed by atoms with E-state index < -0.39 is 20.0 Å². The Kier molecular flexibility index (Phi) is 47.6. The largest absolute Gasteiger partial charge is 0.472 e. The molecule has 0 aromatic rings. The Morgan fingerprint density at radius 3 is 1.33 bits per heavy atom. The van der Waals surface area contributed by atoms with E-state index in [1.54, 1.807) is 6.08 Å². The minimum Gasteiger partial charge on any atom is -0.387 e. The van der Waals surface area contributed by atoms with Gasteiger partial charge in [0.05, 0.1) is 39.9 Å². The number of phosphoric ester groups is 1. The fourth-order valence-corrected chi connectivity index (χ4v) is 7.87. The van der Waals surface area contributed by atoms with Gasteiger partial charge in [-0.3, -0.25) is 13.8 Å². The number of unbranched alkanes of at least 4 members (excludes halogenated alkanes) is 17. The summed E-state index contributed by atoms with van der Waals surface area (Å²) in [5.41, 5.74) is 0. The number of amides is 1. The second-order valence-corrected chi connectivity index (χ2v) is 20.7. The first-order valence-corrected chi connectivity index (χ1v) is 28.9. The molecule has 0 heterocycles. The van der Waals surface area contributed by atoms with E-state index >= 15 is 0 Å². The molecule has 0 saturated carbocycles. The minimum absolute atomic E-state index is 0.0462. The molecule has 0 radical (unpaired) electrons. The first-order valence-electron chi connectivity index (χ1n) is 27.4. The molecule has 0 aliphatic carbocycles. The number of hydrogen-bond acceptors (Lipinski definition) is 5. The van der Waals surface area contributed by atoms with E-state index in [9.17, 15) is 19.4 Å². The van der Waals surface area contributed by atoms with Gasteiger partial charge < -0.3 is 19.8 Å². The van der Waals surface area contributed by atoms with Crippen LogP contribution in [0, 0.1) is 0 Å². The van der Waals surface area contributed by atoms with Gasteiger partial charge in [0.1, 0.15) is 13.2 Å². The molecule has 0 spiro atoms. The second-order valence-electron chi connectivity index (χ2n) is 19.2. The van der Waals surface area contributed by atoms with Crippen molar-refractivity contribution in [2.45, 2.75) is 212 Å². The van der Waals surface area contributed by atoms with Crippen LogP contribution in [0.2, 0.25) is 0 Å². The van der Waals surface area contributed by atoms with Gasteiger partial charge in [0.15, 0.2) is 0 Å². The zero-order valence-corrected chi connectivity index (χ0v) is 45.6. The molecular formula is C60H104N2O6P+. The van der Waals surface area contributed by atoms with E-state index in [0.717, 1.165) is 109 Å². The monoisotopic (exact) mass is 980 g/mol. The lowest BCUT2D eigenvalue weighted by Gasteiger charge is -2.25. The van der Waals surface area contributed by atoms with Crippen LogP contribution in [0.3, 0.4) is 0 Å². The smallest absolute Gasteiger partial charge is 0.387 e. The van der Waals surface area contributed by atoms with Gasteiger partial charge in [-0.15, -0.1) is 0 Å². The van der Waals surface area contributed by atoms with Crippen molar-refractivity contribution in [2.24, 2.45) is 0 Å². The average molecular weight is 980 g/mol. The molecule has 9 heteroatoms. The standard InChI is InChI=1S/C60H103N2O6P/c1-6-8-10-12-14-16-18-20-22-24-25-26-27-28-29-30-31-32-33-34-35-36-37-38-40-42-44-46-48-50-52-54-60(64)61-58(57-68-69(65,66)67-56-55-62(3,4)5)59(63)53-51-49-47-45-43-41-39-23-21-19-17-15-13-11-9-7-2/h8,10,14,16,20,22,25-26,28-29,31-32,34-35,37-38,43,45,51,53,58-59,63H,6-7,9,11-13,15,17-19,21,23-24,27,30,33,36,39-42,44,46-50,52,54-57H2,1-5H3,(H-,61,64,65,66)/p+1/b10-8-,16-14-,22-20-,26-25-,29-28-,32-31-,35-34-,38-37-,45-43+,53-51+. The summed E-state index contributed by atoms with van der Waals surface area (Å²) < 4.78 is 23.6. The van der Waals surface area contributed by atoms with Crippen molar-refractivity contribution < 1.29 is 32.9 Å². The van der Waals surface area contributed by atoms with Gasteiger partial charge >= 0.3 is 7.82 Å². The summed E-state index contributed by atoms with van der Waals surface area (Å²) >= 11 is 0. The molecule has 3 atom stereocenters. The number of aliphatic hydroxyl groups excluding tert-OH is 1. The third-order valence-electron chi connectivity index (χ3n) is 11.4. The summed E-state index contributed by atoms with van der Waals surface area (Å²) in [4.78, 5) is 23.2. The molecule has 0 aromatic heterocycles. The Balaban J connectivity index is 4.32. The minimum atomic E-state index is -4.37. The summed E-state index contributed by atoms with van der Waals surface area (Å²) in [6, 6.07) is -0.880. The van der Waals surface area contributed by atoms with Crippen LogP contribution in [0.25, 0.3) is 0 Å². The van der Waals surface area contributed by atoms with Crippen molar-refractivity contribution in [1.29, 1.82) is 0 Å². The maximum absolute atomic E-state index is 13.0. The Morgan fingerprint density at radius 2 is 0.884 bits per heavy atom. The van der Waals surface area contributed by atoms with Gasteiger partial charge in [-0.25, -0.2) is 4.57 Å². The van der Waals surface area contributed by atoms with Crippen molar-refractivity contribution in [1.82, 2.24) is 5.32 Å². The maximum atomic E-state index is 13.0. The van der Waals surface area contributed by atoms with E-state index in [4.69, 9.17) is 9.05 Å². The third-order valence-corrected chi connectivity index (χ3v) is 12.4. The van der Waals surface area contributed by atoms with Gasteiger partial charge in [-0.2, -0.15) is 0 Å². The van der Waals surface area contributed by atoms with Crippen LogP contribution in [-0.2, 0) is 18.4 Å². The van der Waals surface area contributed by atoms with Gasteiger partial charge in [0.2, 0.25) is 5.91 Å². The molecule has 3 N–H and O–H groups in total. The zero-order chi connectivity index (χ0) is 50.6. The average Bonchev–Trinajstić information content (AvgIpc) is 3.31. The van der Waals surface area contributed by atoms with Crippen LogP contribution in [0.1, 0.15) is 200 Å². The van der Waals surface area contributed by atoms with Crippen molar-refractivity contribution >= 4 is 13.7 Å². The molecule has 1 amide bonds. The maximum Gasteiger partial charge on any atom is 0.472 e. The van der Waals surface area contributed by atoms with E-state index in [-0.39, 0.29) is 19.1 Å². The number of allylic oxidation sites excluding steroid dienone is 19. The highest BCUT2D eigenvalue weighted by Crippen LogP contribution is 2.43. The summed E-state index contributed by atoms with van der Waals surface area (Å²) in [6.07, 6.45) is 74.3. The number of carbonyl (C=O) groups is 1. The van der Waals surface area contributed by atoms with Crippen LogP contribution in [0.4, 0.5) is 0 Å². The first kappa shape index (κ1) is 65.9. The molecule has 0 rings (SSSR count). The van der Waals surface area contributed by atoms with Crippen LogP contribution in [0.15, 0.2) is 122 Å². The molecule has 69 heavy (non-hydrogen) atoms. The number of hydrogen-bond donors (Lipinski definition) is 3. The fourth-order valence-electron chi connectivity index (χ4n) is 7.13. The van der Waals surface area contributed by atoms with E-state index in [1.807, 2.05) is 27.2 Å². The lowest BCUT2D eigenvalue weighted by Crippen LogP contribution is -2.45. The number of phosphoric acid groups is 1. The number of likely N-dealkylation sites (N-methyl/N-ethyl adjacent to an activating group) is 1.